The summed E-state index contributed by atoms with van der Waals surface area (Å²) >= 11 is 0. The molecule has 6 nitrogen and oxygen atoms in total. The van der Waals surface area contributed by atoms with Crippen molar-refractivity contribution >= 4 is 17.7 Å². The van der Waals surface area contributed by atoms with Crippen molar-refractivity contribution in [3.8, 4) is 0 Å². The zero-order valence-electron chi connectivity index (χ0n) is 12.7. The Balaban J connectivity index is 3.01. The fourth-order valence-electron chi connectivity index (χ4n) is 2.13. The number of likely N-dealkylation sites (N-methyl/N-ethyl adjacent to an activating group) is 1. The van der Waals surface area contributed by atoms with E-state index in [1.165, 1.54) is 4.90 Å². The molecule has 21 heavy (non-hydrogen) atoms. The van der Waals surface area contributed by atoms with Gasteiger partial charge in [-0.25, -0.2) is 4.79 Å². The van der Waals surface area contributed by atoms with Crippen LogP contribution in [-0.4, -0.2) is 54.9 Å². The van der Waals surface area contributed by atoms with Gasteiger partial charge in [-0.05, 0) is 26.0 Å². The molecule has 1 N–H and O–H groups in total. The summed E-state index contributed by atoms with van der Waals surface area (Å²) in [4.78, 5) is 26.6. The van der Waals surface area contributed by atoms with Crippen LogP contribution in [0, 0.1) is 0 Å². The Labute approximate surface area is 124 Å². The van der Waals surface area contributed by atoms with Crippen LogP contribution in [0.4, 0.5) is 10.5 Å². The monoisotopic (exact) mass is 294 g/mol. The average molecular weight is 294 g/mol. The van der Waals surface area contributed by atoms with Crippen LogP contribution in [-0.2, 0) is 9.53 Å². The number of carboxylic acid groups (broad SMARTS) is 1. The maximum absolute atomic E-state index is 12.7. The van der Waals surface area contributed by atoms with Crippen LogP contribution >= 0.6 is 0 Å². The Morgan fingerprint density at radius 2 is 1.90 bits per heavy atom. The van der Waals surface area contributed by atoms with Crippen LogP contribution in [0.25, 0.3) is 0 Å². The number of benzene rings is 1. The summed E-state index contributed by atoms with van der Waals surface area (Å²) in [6.07, 6.45) is 0. The third-order valence-corrected chi connectivity index (χ3v) is 3.12. The summed E-state index contributed by atoms with van der Waals surface area (Å²) in [6.45, 7) is 4.23. The number of aliphatic carboxylic acids is 1. The molecule has 0 aliphatic heterocycles. The van der Waals surface area contributed by atoms with Gasteiger partial charge in [0.2, 0.25) is 0 Å². The molecule has 1 rings (SSSR count). The minimum atomic E-state index is -1.05. The van der Waals surface area contributed by atoms with E-state index < -0.39 is 5.97 Å². The Kier molecular flexibility index (Phi) is 6.68. The zero-order chi connectivity index (χ0) is 15.8. The van der Waals surface area contributed by atoms with Crippen molar-refractivity contribution in [2.75, 3.05) is 31.7 Å². The maximum Gasteiger partial charge on any atom is 0.325 e. The molecule has 2 amide bonds. The normalized spacial score (nSPS) is 11.8. The van der Waals surface area contributed by atoms with Gasteiger partial charge in [0.05, 0.1) is 12.6 Å². The molecule has 0 spiro atoms. The molecule has 1 aromatic carbocycles. The molecule has 0 heterocycles. The summed E-state index contributed by atoms with van der Waals surface area (Å²) in [5, 5.41) is 9.05. The molecule has 0 radical (unpaired) electrons. The number of methoxy groups -OCH3 is 1. The number of hydrogen-bond acceptors (Lipinski definition) is 3. The lowest BCUT2D eigenvalue weighted by Crippen LogP contribution is -2.50. The van der Waals surface area contributed by atoms with Crippen LogP contribution in [0.2, 0.25) is 0 Å². The van der Waals surface area contributed by atoms with E-state index in [9.17, 15) is 9.59 Å². The summed E-state index contributed by atoms with van der Waals surface area (Å²) in [5.41, 5.74) is 0.563. The number of urea groups is 1. The Morgan fingerprint density at radius 3 is 2.38 bits per heavy atom. The number of ether oxygens (including phenoxy) is 1. The smallest absolute Gasteiger partial charge is 0.325 e. The number of nitrogens with zero attached hydrogens (tertiary/aromatic N) is 2. The van der Waals surface area contributed by atoms with Crippen LogP contribution in [0.1, 0.15) is 13.8 Å². The summed E-state index contributed by atoms with van der Waals surface area (Å²) < 4.78 is 5.07. The summed E-state index contributed by atoms with van der Waals surface area (Å²) in [7, 11) is 1.57. The maximum atomic E-state index is 12.7. The molecule has 0 fully saturated rings. The topological polar surface area (TPSA) is 70.1 Å². The molecule has 1 unspecified atom stereocenters. The van der Waals surface area contributed by atoms with Gasteiger partial charge in [-0.2, -0.15) is 0 Å². The molecule has 0 aromatic heterocycles. The van der Waals surface area contributed by atoms with E-state index in [0.717, 1.165) is 0 Å². The van der Waals surface area contributed by atoms with E-state index in [2.05, 4.69) is 0 Å². The predicted molar refractivity (Wildman–Crippen MR) is 80.5 cm³/mol. The van der Waals surface area contributed by atoms with E-state index in [-0.39, 0.29) is 18.6 Å². The fourth-order valence-corrected chi connectivity index (χ4v) is 2.13. The minimum Gasteiger partial charge on any atom is -0.480 e. The van der Waals surface area contributed by atoms with Crippen molar-refractivity contribution in [1.29, 1.82) is 0 Å². The molecule has 0 saturated heterocycles. The summed E-state index contributed by atoms with van der Waals surface area (Å²) in [6, 6.07) is 8.32. The molecule has 1 atom stereocenters. The van der Waals surface area contributed by atoms with Gasteiger partial charge in [-0.3, -0.25) is 9.69 Å². The van der Waals surface area contributed by atoms with Crippen LogP contribution in [0.15, 0.2) is 30.3 Å². The Hall–Kier alpha value is -2.08. The number of rotatable bonds is 7. The molecule has 0 saturated carbocycles. The van der Waals surface area contributed by atoms with Gasteiger partial charge in [0, 0.05) is 19.3 Å². The molecular formula is C15H22N2O4. The third kappa shape index (κ3) is 4.75. The lowest BCUT2D eigenvalue weighted by Gasteiger charge is -2.33. The fraction of sp³-hybridized carbons (Fsp3) is 0.467. The van der Waals surface area contributed by atoms with Crippen molar-refractivity contribution in [2.24, 2.45) is 0 Å². The minimum absolute atomic E-state index is 0.132. The van der Waals surface area contributed by atoms with Gasteiger partial charge in [-0.1, -0.05) is 18.2 Å². The second-order valence-electron chi connectivity index (χ2n) is 4.69. The number of hydrogen-bond donors (Lipinski definition) is 1. The van der Waals surface area contributed by atoms with Crippen molar-refractivity contribution < 1.29 is 19.4 Å². The first-order valence-corrected chi connectivity index (χ1v) is 6.85. The highest BCUT2D eigenvalue weighted by Crippen LogP contribution is 2.16. The van der Waals surface area contributed by atoms with Gasteiger partial charge in [0.1, 0.15) is 6.54 Å². The highest BCUT2D eigenvalue weighted by molar-refractivity contribution is 5.96. The molecule has 0 aliphatic carbocycles. The standard InChI is InChI=1S/C15H22N2O4/c1-4-16(12(2)11-21-3)15(20)17(10-14(18)19)13-8-6-5-7-9-13/h5-9,12H,4,10-11H2,1-3H3,(H,18,19). The van der Waals surface area contributed by atoms with E-state index in [0.29, 0.717) is 18.8 Å². The van der Waals surface area contributed by atoms with Crippen molar-refractivity contribution in [3.05, 3.63) is 30.3 Å². The highest BCUT2D eigenvalue weighted by atomic mass is 16.5. The van der Waals surface area contributed by atoms with Gasteiger partial charge in [0.25, 0.3) is 0 Å². The van der Waals surface area contributed by atoms with E-state index in [4.69, 9.17) is 9.84 Å². The van der Waals surface area contributed by atoms with Gasteiger partial charge < -0.3 is 14.7 Å². The molecule has 1 aromatic rings. The first-order chi connectivity index (χ1) is 10.0. The van der Waals surface area contributed by atoms with E-state index in [1.54, 1.807) is 36.3 Å². The Morgan fingerprint density at radius 1 is 1.29 bits per heavy atom. The molecule has 6 heteroatoms. The third-order valence-electron chi connectivity index (χ3n) is 3.12. The Bertz CT molecular complexity index is 464. The largest absolute Gasteiger partial charge is 0.480 e. The lowest BCUT2D eigenvalue weighted by molar-refractivity contribution is -0.135. The van der Waals surface area contributed by atoms with Crippen molar-refractivity contribution in [1.82, 2.24) is 4.90 Å². The predicted octanol–water partition coefficient (Wildman–Crippen LogP) is 2.05. The summed E-state index contributed by atoms with van der Waals surface area (Å²) in [5.74, 6) is -1.05. The second kappa shape index (κ2) is 8.26. The van der Waals surface area contributed by atoms with E-state index in [1.807, 2.05) is 19.9 Å². The first kappa shape index (κ1) is 17.0. The highest BCUT2D eigenvalue weighted by Gasteiger charge is 2.26. The number of carbonyl (C=O) groups is 2. The number of amides is 2. The second-order valence-corrected chi connectivity index (χ2v) is 4.69. The lowest BCUT2D eigenvalue weighted by atomic mass is 10.2. The zero-order valence-corrected chi connectivity index (χ0v) is 12.7. The van der Waals surface area contributed by atoms with Crippen molar-refractivity contribution in [2.45, 2.75) is 19.9 Å². The van der Waals surface area contributed by atoms with Crippen LogP contribution < -0.4 is 4.90 Å². The molecular weight excluding hydrogens is 272 g/mol. The molecule has 0 bridgehead atoms. The molecule has 0 aliphatic rings. The average Bonchev–Trinajstić information content (AvgIpc) is 2.46. The van der Waals surface area contributed by atoms with Crippen molar-refractivity contribution in [3.63, 3.8) is 0 Å². The molecule has 116 valence electrons. The van der Waals surface area contributed by atoms with Gasteiger partial charge in [0.15, 0.2) is 0 Å². The number of anilines is 1. The first-order valence-electron chi connectivity index (χ1n) is 6.85. The quantitative estimate of drug-likeness (QED) is 0.835. The number of carboxylic acids is 1. The van der Waals surface area contributed by atoms with Gasteiger partial charge in [-0.15, -0.1) is 0 Å². The van der Waals surface area contributed by atoms with Crippen LogP contribution in [0.5, 0.6) is 0 Å². The SMILES string of the molecule is CCN(C(=O)N(CC(=O)O)c1ccccc1)C(C)COC. The van der Waals surface area contributed by atoms with Crippen LogP contribution in [0.3, 0.4) is 0 Å². The number of carbonyl (C=O) groups excluding carboxylic acids is 1. The number of para-hydroxylation sites is 1. The van der Waals surface area contributed by atoms with E-state index >= 15 is 0 Å². The van der Waals surface area contributed by atoms with Gasteiger partial charge >= 0.3 is 12.0 Å².